The number of anilines is 1. The second-order valence-corrected chi connectivity index (χ2v) is 6.06. The van der Waals surface area contributed by atoms with Gasteiger partial charge in [-0.3, -0.25) is 0 Å². The van der Waals surface area contributed by atoms with E-state index in [1.54, 1.807) is 0 Å². The molecule has 2 rings (SSSR count). The normalized spacial score (nSPS) is 19.4. The van der Waals surface area contributed by atoms with Crippen molar-refractivity contribution in [2.45, 2.75) is 65.5 Å². The van der Waals surface area contributed by atoms with Gasteiger partial charge >= 0.3 is 0 Å². The second kappa shape index (κ2) is 7.68. The van der Waals surface area contributed by atoms with Crippen molar-refractivity contribution in [1.29, 1.82) is 0 Å². The average molecular weight is 274 g/mol. The van der Waals surface area contributed by atoms with Crippen LogP contribution in [0.15, 0.2) is 18.2 Å². The lowest BCUT2D eigenvalue weighted by molar-refractivity contribution is 0.448. The van der Waals surface area contributed by atoms with Crippen LogP contribution in [-0.2, 0) is 6.54 Å². The summed E-state index contributed by atoms with van der Waals surface area (Å²) >= 11 is 0. The van der Waals surface area contributed by atoms with E-state index in [9.17, 15) is 0 Å². The number of aryl methyl sites for hydroxylation is 1. The molecule has 0 spiro atoms. The molecular weight excluding hydrogens is 244 g/mol. The largest absolute Gasteiger partial charge is 0.368 e. The van der Waals surface area contributed by atoms with Crippen molar-refractivity contribution >= 4 is 5.69 Å². The van der Waals surface area contributed by atoms with Gasteiger partial charge in [0.05, 0.1) is 0 Å². The van der Waals surface area contributed by atoms with Crippen LogP contribution in [0.1, 0.15) is 57.1 Å². The fraction of sp³-hybridized carbons (Fsp3) is 0.667. The van der Waals surface area contributed by atoms with E-state index in [4.69, 9.17) is 0 Å². The van der Waals surface area contributed by atoms with Crippen LogP contribution >= 0.6 is 0 Å². The molecule has 1 aromatic rings. The lowest BCUT2D eigenvalue weighted by atomic mass is 9.97. The zero-order valence-corrected chi connectivity index (χ0v) is 13.4. The molecule has 0 bridgehead atoms. The third-order valence-electron chi connectivity index (χ3n) is 4.39. The molecule has 112 valence electrons. The molecule has 2 heteroatoms. The van der Waals surface area contributed by atoms with Crippen molar-refractivity contribution in [3.63, 3.8) is 0 Å². The van der Waals surface area contributed by atoms with Crippen LogP contribution in [0.2, 0.25) is 0 Å². The number of nitrogens with one attached hydrogen (secondary N) is 1. The standard InChI is InChI=1S/C18H30N2/c1-4-11-19-14-16-13-15(3)9-10-18(16)20-12-7-6-8-17(20)5-2/h9-10,13,17,19H,4-8,11-12,14H2,1-3H3. The number of benzene rings is 1. The van der Waals surface area contributed by atoms with Crippen LogP contribution in [0.25, 0.3) is 0 Å². The first-order chi connectivity index (χ1) is 9.76. The molecule has 0 amide bonds. The predicted molar refractivity (Wildman–Crippen MR) is 88.5 cm³/mol. The van der Waals surface area contributed by atoms with Crippen molar-refractivity contribution < 1.29 is 0 Å². The summed E-state index contributed by atoms with van der Waals surface area (Å²) in [6.45, 7) is 10.1. The summed E-state index contributed by atoms with van der Waals surface area (Å²) in [5.41, 5.74) is 4.30. The van der Waals surface area contributed by atoms with E-state index in [1.807, 2.05) is 0 Å². The third kappa shape index (κ3) is 3.76. The van der Waals surface area contributed by atoms with Gasteiger partial charge in [0.2, 0.25) is 0 Å². The van der Waals surface area contributed by atoms with Gasteiger partial charge in [0.25, 0.3) is 0 Å². The quantitative estimate of drug-likeness (QED) is 0.780. The van der Waals surface area contributed by atoms with Gasteiger partial charge < -0.3 is 10.2 Å². The maximum absolute atomic E-state index is 3.56. The molecule has 20 heavy (non-hydrogen) atoms. The molecule has 1 saturated heterocycles. The topological polar surface area (TPSA) is 15.3 Å². The SMILES string of the molecule is CCCNCc1cc(C)ccc1N1CCCCC1CC. The Balaban J connectivity index is 2.19. The first-order valence-electron chi connectivity index (χ1n) is 8.33. The summed E-state index contributed by atoms with van der Waals surface area (Å²) in [6.07, 6.45) is 6.54. The summed E-state index contributed by atoms with van der Waals surface area (Å²) in [7, 11) is 0. The molecule has 2 nitrogen and oxygen atoms in total. The molecule has 0 aromatic heterocycles. The average Bonchev–Trinajstić information content (AvgIpc) is 2.48. The fourth-order valence-corrected chi connectivity index (χ4v) is 3.28. The molecular formula is C18H30N2. The molecule has 1 fully saturated rings. The minimum atomic E-state index is 0.733. The highest BCUT2D eigenvalue weighted by Crippen LogP contribution is 2.30. The lowest BCUT2D eigenvalue weighted by Gasteiger charge is -2.38. The number of hydrogen-bond acceptors (Lipinski definition) is 2. The highest BCUT2D eigenvalue weighted by molar-refractivity contribution is 5.56. The Morgan fingerprint density at radius 2 is 2.10 bits per heavy atom. The van der Waals surface area contributed by atoms with Gasteiger partial charge in [0, 0.05) is 24.8 Å². The molecule has 1 N–H and O–H groups in total. The molecule has 0 radical (unpaired) electrons. The van der Waals surface area contributed by atoms with Crippen LogP contribution in [0.4, 0.5) is 5.69 Å². The van der Waals surface area contributed by atoms with Crippen LogP contribution in [0.3, 0.4) is 0 Å². The minimum Gasteiger partial charge on any atom is -0.368 e. The maximum atomic E-state index is 3.56. The zero-order valence-electron chi connectivity index (χ0n) is 13.4. The van der Waals surface area contributed by atoms with E-state index in [0.717, 1.165) is 19.1 Å². The van der Waals surface area contributed by atoms with Crippen molar-refractivity contribution in [2.75, 3.05) is 18.0 Å². The van der Waals surface area contributed by atoms with Crippen LogP contribution in [0.5, 0.6) is 0 Å². The zero-order chi connectivity index (χ0) is 14.4. The maximum Gasteiger partial charge on any atom is 0.0414 e. The molecule has 1 heterocycles. The first kappa shape index (κ1) is 15.4. The monoisotopic (exact) mass is 274 g/mol. The smallest absolute Gasteiger partial charge is 0.0414 e. The molecule has 1 aliphatic heterocycles. The van der Waals surface area contributed by atoms with Crippen molar-refractivity contribution in [2.24, 2.45) is 0 Å². The Hall–Kier alpha value is -1.02. The number of nitrogens with zero attached hydrogens (tertiary/aromatic N) is 1. The van der Waals surface area contributed by atoms with Gasteiger partial charge in [-0.2, -0.15) is 0 Å². The third-order valence-corrected chi connectivity index (χ3v) is 4.39. The molecule has 0 aliphatic carbocycles. The Bertz CT molecular complexity index is 414. The summed E-state index contributed by atoms with van der Waals surface area (Å²) in [5.74, 6) is 0. The predicted octanol–water partition coefficient (Wildman–Crippen LogP) is 4.26. The molecule has 0 saturated carbocycles. The van der Waals surface area contributed by atoms with Gasteiger partial charge in [-0.25, -0.2) is 0 Å². The summed E-state index contributed by atoms with van der Waals surface area (Å²) < 4.78 is 0. The van der Waals surface area contributed by atoms with Gasteiger partial charge in [-0.15, -0.1) is 0 Å². The van der Waals surface area contributed by atoms with Crippen LogP contribution in [-0.4, -0.2) is 19.1 Å². The van der Waals surface area contributed by atoms with Crippen molar-refractivity contribution in [3.05, 3.63) is 29.3 Å². The molecule has 1 unspecified atom stereocenters. The first-order valence-corrected chi connectivity index (χ1v) is 8.33. The van der Waals surface area contributed by atoms with E-state index in [2.05, 4.69) is 49.2 Å². The van der Waals surface area contributed by atoms with Gasteiger partial charge in [0.15, 0.2) is 0 Å². The lowest BCUT2D eigenvalue weighted by Crippen LogP contribution is -2.40. The number of piperidine rings is 1. The minimum absolute atomic E-state index is 0.733. The highest BCUT2D eigenvalue weighted by Gasteiger charge is 2.22. The Labute approximate surface area is 124 Å². The van der Waals surface area contributed by atoms with Gasteiger partial charge in [-0.05, 0) is 57.2 Å². The molecule has 1 aromatic carbocycles. The fourth-order valence-electron chi connectivity index (χ4n) is 3.28. The second-order valence-electron chi connectivity index (χ2n) is 6.06. The van der Waals surface area contributed by atoms with E-state index in [-0.39, 0.29) is 0 Å². The Morgan fingerprint density at radius 3 is 2.85 bits per heavy atom. The van der Waals surface area contributed by atoms with E-state index < -0.39 is 0 Å². The number of hydrogen-bond donors (Lipinski definition) is 1. The van der Waals surface area contributed by atoms with E-state index in [1.165, 1.54) is 55.5 Å². The van der Waals surface area contributed by atoms with Gasteiger partial charge in [-0.1, -0.05) is 31.5 Å². The summed E-state index contributed by atoms with van der Waals surface area (Å²) in [5, 5.41) is 3.56. The van der Waals surface area contributed by atoms with Crippen LogP contribution in [0, 0.1) is 6.92 Å². The van der Waals surface area contributed by atoms with Crippen LogP contribution < -0.4 is 10.2 Å². The van der Waals surface area contributed by atoms with E-state index in [0.29, 0.717) is 0 Å². The van der Waals surface area contributed by atoms with Crippen molar-refractivity contribution in [3.8, 4) is 0 Å². The summed E-state index contributed by atoms with van der Waals surface area (Å²) in [4.78, 5) is 2.66. The Kier molecular flexibility index (Phi) is 5.90. The van der Waals surface area contributed by atoms with Crippen molar-refractivity contribution in [1.82, 2.24) is 5.32 Å². The number of rotatable bonds is 6. The molecule has 1 atom stereocenters. The van der Waals surface area contributed by atoms with Gasteiger partial charge in [0.1, 0.15) is 0 Å². The Morgan fingerprint density at radius 1 is 1.25 bits per heavy atom. The summed E-state index contributed by atoms with van der Waals surface area (Å²) in [6, 6.07) is 7.70. The van der Waals surface area contributed by atoms with E-state index >= 15 is 0 Å². The molecule has 1 aliphatic rings. The highest BCUT2D eigenvalue weighted by atomic mass is 15.2.